The van der Waals surface area contributed by atoms with Gasteiger partial charge in [-0.05, 0) is 33.8 Å². The zero-order valence-electron chi connectivity index (χ0n) is 12.3. The van der Waals surface area contributed by atoms with Gasteiger partial charge in [-0.15, -0.1) is 11.6 Å². The van der Waals surface area contributed by atoms with Gasteiger partial charge in [0.05, 0.1) is 18.1 Å². The third-order valence-corrected chi connectivity index (χ3v) is 4.46. The van der Waals surface area contributed by atoms with E-state index in [0.717, 1.165) is 5.56 Å². The molecule has 0 unspecified atom stereocenters. The fourth-order valence-corrected chi connectivity index (χ4v) is 3.61. The van der Waals surface area contributed by atoms with Crippen molar-refractivity contribution in [1.29, 1.82) is 0 Å². The van der Waals surface area contributed by atoms with Gasteiger partial charge in [-0.25, -0.2) is 0 Å². The lowest BCUT2D eigenvalue weighted by Gasteiger charge is -2.23. The molecule has 0 N–H and O–H groups in total. The SMILES string of the molecule is CC(C)OP(=O)(COc1ccccc1CCl)OC(C)C. The number of hydrogen-bond donors (Lipinski definition) is 0. The Labute approximate surface area is 125 Å². The lowest BCUT2D eigenvalue weighted by atomic mass is 10.2. The van der Waals surface area contributed by atoms with E-state index in [1.54, 1.807) is 6.07 Å². The van der Waals surface area contributed by atoms with Crippen molar-refractivity contribution in [2.45, 2.75) is 45.8 Å². The molecule has 0 atom stereocenters. The van der Waals surface area contributed by atoms with Crippen LogP contribution in [-0.2, 0) is 19.5 Å². The number of alkyl halides is 1. The second-order valence-electron chi connectivity index (χ2n) is 4.93. The van der Waals surface area contributed by atoms with Crippen molar-refractivity contribution in [3.05, 3.63) is 29.8 Å². The molecule has 0 aliphatic rings. The van der Waals surface area contributed by atoms with Crippen LogP contribution in [0.25, 0.3) is 0 Å². The number of hydrogen-bond acceptors (Lipinski definition) is 4. The highest BCUT2D eigenvalue weighted by molar-refractivity contribution is 7.53. The predicted octanol–water partition coefficient (Wildman–Crippen LogP) is 4.80. The molecular weight excluding hydrogens is 299 g/mol. The first-order chi connectivity index (χ1) is 9.36. The van der Waals surface area contributed by atoms with Crippen LogP contribution >= 0.6 is 19.2 Å². The van der Waals surface area contributed by atoms with Gasteiger partial charge in [0.1, 0.15) is 5.75 Å². The zero-order chi connectivity index (χ0) is 15.2. The minimum absolute atomic E-state index is 0.128. The van der Waals surface area contributed by atoms with Crippen LogP contribution < -0.4 is 4.74 Å². The molecule has 1 rings (SSSR count). The van der Waals surface area contributed by atoms with Gasteiger partial charge in [-0.3, -0.25) is 4.57 Å². The molecule has 0 radical (unpaired) electrons. The van der Waals surface area contributed by atoms with Crippen LogP contribution in [0, 0.1) is 0 Å². The first-order valence-corrected chi connectivity index (χ1v) is 8.85. The maximum Gasteiger partial charge on any atom is 0.368 e. The van der Waals surface area contributed by atoms with Crippen LogP contribution in [0.5, 0.6) is 5.75 Å². The largest absolute Gasteiger partial charge is 0.481 e. The third kappa shape index (κ3) is 5.84. The Kier molecular flexibility index (Phi) is 7.04. The van der Waals surface area contributed by atoms with Crippen molar-refractivity contribution in [2.24, 2.45) is 0 Å². The van der Waals surface area contributed by atoms with E-state index in [-0.39, 0.29) is 18.6 Å². The summed E-state index contributed by atoms with van der Waals surface area (Å²) in [4.78, 5) is 0. The highest BCUT2D eigenvalue weighted by atomic mass is 35.5. The fraction of sp³-hybridized carbons (Fsp3) is 0.571. The van der Waals surface area contributed by atoms with Crippen molar-refractivity contribution in [3.63, 3.8) is 0 Å². The van der Waals surface area contributed by atoms with E-state index in [9.17, 15) is 4.57 Å². The lowest BCUT2D eigenvalue weighted by molar-refractivity contribution is 0.129. The molecule has 6 heteroatoms. The zero-order valence-corrected chi connectivity index (χ0v) is 14.0. The van der Waals surface area contributed by atoms with E-state index in [1.165, 1.54) is 0 Å². The van der Waals surface area contributed by atoms with Gasteiger partial charge in [0.15, 0.2) is 6.35 Å². The second kappa shape index (κ2) is 8.04. The van der Waals surface area contributed by atoms with E-state index in [4.69, 9.17) is 25.4 Å². The molecule has 0 fully saturated rings. The van der Waals surface area contributed by atoms with Crippen molar-refractivity contribution < 1.29 is 18.3 Å². The van der Waals surface area contributed by atoms with Gasteiger partial charge in [0.25, 0.3) is 0 Å². The van der Waals surface area contributed by atoms with Gasteiger partial charge in [-0.1, -0.05) is 18.2 Å². The number of halogens is 1. The molecule has 1 aromatic carbocycles. The molecule has 0 amide bonds. The van der Waals surface area contributed by atoms with Gasteiger partial charge in [-0.2, -0.15) is 0 Å². The summed E-state index contributed by atoms with van der Waals surface area (Å²) in [5.41, 5.74) is 0.842. The van der Waals surface area contributed by atoms with Gasteiger partial charge in [0.2, 0.25) is 0 Å². The molecule has 0 bridgehead atoms. The second-order valence-corrected chi connectivity index (χ2v) is 7.10. The first-order valence-electron chi connectivity index (χ1n) is 6.59. The van der Waals surface area contributed by atoms with Crippen molar-refractivity contribution >= 4 is 19.2 Å². The number of benzene rings is 1. The molecule has 0 saturated carbocycles. The molecule has 0 saturated heterocycles. The average Bonchev–Trinajstić information content (AvgIpc) is 2.34. The Hall–Kier alpha value is -0.540. The van der Waals surface area contributed by atoms with E-state index in [0.29, 0.717) is 11.6 Å². The van der Waals surface area contributed by atoms with Crippen LogP contribution in [0.1, 0.15) is 33.3 Å². The van der Waals surface area contributed by atoms with Gasteiger partial charge < -0.3 is 13.8 Å². The van der Waals surface area contributed by atoms with Crippen LogP contribution in [0.15, 0.2) is 24.3 Å². The molecule has 20 heavy (non-hydrogen) atoms. The molecule has 0 aliphatic heterocycles. The average molecular weight is 321 g/mol. The number of rotatable bonds is 8. The topological polar surface area (TPSA) is 44.8 Å². The Morgan fingerprint density at radius 2 is 1.65 bits per heavy atom. The number of para-hydroxylation sites is 1. The lowest BCUT2D eigenvalue weighted by Crippen LogP contribution is -2.13. The van der Waals surface area contributed by atoms with Gasteiger partial charge >= 0.3 is 7.60 Å². The van der Waals surface area contributed by atoms with E-state index in [1.807, 2.05) is 45.9 Å². The molecule has 114 valence electrons. The summed E-state index contributed by atoms with van der Waals surface area (Å²) in [7, 11) is -3.29. The summed E-state index contributed by atoms with van der Waals surface area (Å²) >= 11 is 5.84. The summed E-state index contributed by atoms with van der Waals surface area (Å²) < 4.78 is 29.0. The van der Waals surface area contributed by atoms with Crippen LogP contribution in [-0.4, -0.2) is 18.6 Å². The summed E-state index contributed by atoms with van der Waals surface area (Å²) in [5.74, 6) is 0.929. The van der Waals surface area contributed by atoms with Crippen molar-refractivity contribution in [1.82, 2.24) is 0 Å². The Morgan fingerprint density at radius 1 is 1.10 bits per heavy atom. The smallest absolute Gasteiger partial charge is 0.368 e. The number of ether oxygens (including phenoxy) is 1. The third-order valence-electron chi connectivity index (χ3n) is 2.24. The quantitative estimate of drug-likeness (QED) is 0.509. The monoisotopic (exact) mass is 320 g/mol. The van der Waals surface area contributed by atoms with Crippen molar-refractivity contribution in [3.8, 4) is 5.75 Å². The van der Waals surface area contributed by atoms with E-state index >= 15 is 0 Å². The summed E-state index contributed by atoms with van der Waals surface area (Å²) in [6, 6.07) is 7.36. The maximum atomic E-state index is 12.6. The molecule has 1 aromatic rings. The Morgan fingerprint density at radius 3 is 2.15 bits per heavy atom. The summed E-state index contributed by atoms with van der Waals surface area (Å²) in [6.45, 7) is 7.23. The predicted molar refractivity (Wildman–Crippen MR) is 81.5 cm³/mol. The molecule has 0 spiro atoms. The van der Waals surface area contributed by atoms with E-state index < -0.39 is 7.60 Å². The summed E-state index contributed by atoms with van der Waals surface area (Å²) in [5, 5.41) is 0. The standard InChI is InChI=1S/C14H22ClO4P/c1-11(2)18-20(16,19-12(3)4)10-17-14-8-6-5-7-13(14)9-15/h5-8,11-12H,9-10H2,1-4H3. The highest BCUT2D eigenvalue weighted by Gasteiger charge is 2.29. The summed E-state index contributed by atoms with van der Waals surface area (Å²) in [6.07, 6.45) is -0.532. The minimum atomic E-state index is -3.29. The molecule has 0 aromatic heterocycles. The van der Waals surface area contributed by atoms with Crippen LogP contribution in [0.2, 0.25) is 0 Å². The van der Waals surface area contributed by atoms with E-state index in [2.05, 4.69) is 0 Å². The molecular formula is C14H22ClO4P. The minimum Gasteiger partial charge on any atom is -0.481 e. The Bertz CT molecular complexity index is 448. The molecule has 0 heterocycles. The maximum absolute atomic E-state index is 12.6. The van der Waals surface area contributed by atoms with Gasteiger partial charge in [0, 0.05) is 5.56 Å². The normalized spacial score (nSPS) is 12.2. The van der Waals surface area contributed by atoms with Crippen LogP contribution in [0.4, 0.5) is 0 Å². The molecule has 4 nitrogen and oxygen atoms in total. The van der Waals surface area contributed by atoms with Crippen molar-refractivity contribution in [2.75, 3.05) is 6.35 Å². The Balaban J connectivity index is 2.78. The van der Waals surface area contributed by atoms with Crippen LogP contribution in [0.3, 0.4) is 0 Å². The first kappa shape index (κ1) is 17.5. The molecule has 0 aliphatic carbocycles. The highest BCUT2D eigenvalue weighted by Crippen LogP contribution is 2.50. The fourth-order valence-electron chi connectivity index (χ4n) is 1.63.